The van der Waals surface area contributed by atoms with Crippen LogP contribution in [0.4, 0.5) is 0 Å². The number of fused-ring (bicyclic) bond motifs is 1. The number of benzene rings is 1. The van der Waals surface area contributed by atoms with Gasteiger partial charge in [0.1, 0.15) is 11.2 Å². The molecule has 1 aromatic heterocycles. The number of phenolic OH excluding ortho intramolecular Hbond substituents is 1. The van der Waals surface area contributed by atoms with Gasteiger partial charge in [-0.3, -0.25) is 4.79 Å². The van der Waals surface area contributed by atoms with Crippen LogP contribution in [0.2, 0.25) is 0 Å². The average molecular weight is 233 g/mol. The molecule has 0 aliphatic heterocycles. The number of aryl methyl sites for hydroxylation is 1. The molecular weight excluding hydrogens is 218 g/mol. The van der Waals surface area contributed by atoms with Crippen molar-refractivity contribution in [2.75, 3.05) is 0 Å². The van der Waals surface area contributed by atoms with Gasteiger partial charge < -0.3 is 14.8 Å². The Bertz CT molecular complexity index is 596. The van der Waals surface area contributed by atoms with E-state index in [1.807, 2.05) is 17.7 Å². The van der Waals surface area contributed by atoms with E-state index in [4.69, 9.17) is 0 Å². The van der Waals surface area contributed by atoms with Crippen molar-refractivity contribution >= 4 is 16.9 Å². The molecule has 1 aromatic carbocycles. The maximum absolute atomic E-state index is 11.3. The fraction of sp³-hybridized carbons (Fsp3) is 0.308. The highest BCUT2D eigenvalue weighted by Gasteiger charge is 2.32. The molecule has 0 radical (unpaired) electrons. The van der Waals surface area contributed by atoms with E-state index in [1.165, 1.54) is 0 Å². The number of aromatic hydroxyl groups is 1. The third-order valence-electron chi connectivity index (χ3n) is 3.24. The summed E-state index contributed by atoms with van der Waals surface area (Å²) >= 11 is 0. The minimum atomic E-state index is -0.986. The van der Waals surface area contributed by atoms with Gasteiger partial charge in [0.05, 0.1) is 5.52 Å². The van der Waals surface area contributed by atoms with Gasteiger partial charge >= 0.3 is 5.97 Å². The summed E-state index contributed by atoms with van der Waals surface area (Å²) in [5.74, 6) is -0.714. The fourth-order valence-electron chi connectivity index (χ4n) is 2.05. The highest BCUT2D eigenvalue weighted by molar-refractivity contribution is 5.90. The summed E-state index contributed by atoms with van der Waals surface area (Å²) in [5, 5.41) is 19.7. The predicted molar refractivity (Wildman–Crippen MR) is 65.2 cm³/mol. The van der Waals surface area contributed by atoms with Gasteiger partial charge in [0.25, 0.3) is 0 Å². The molecule has 0 aliphatic rings. The van der Waals surface area contributed by atoms with Crippen molar-refractivity contribution in [3.8, 4) is 5.75 Å². The SMILES string of the molecule is Cn1c(C(C)(C)C(=O)O)cc2c(O)cccc21. The maximum atomic E-state index is 11.3. The number of aromatic nitrogens is 1. The van der Waals surface area contributed by atoms with E-state index in [0.29, 0.717) is 11.1 Å². The molecule has 0 fully saturated rings. The normalized spacial score (nSPS) is 11.9. The Kier molecular flexibility index (Phi) is 2.38. The second-order valence-corrected chi connectivity index (χ2v) is 4.73. The largest absolute Gasteiger partial charge is 0.507 e. The highest BCUT2D eigenvalue weighted by Crippen LogP contribution is 2.33. The molecular formula is C13H15NO3. The second kappa shape index (κ2) is 3.52. The molecule has 0 aliphatic carbocycles. The molecule has 0 saturated heterocycles. The van der Waals surface area contributed by atoms with Crippen LogP contribution >= 0.6 is 0 Å². The van der Waals surface area contributed by atoms with Crippen molar-refractivity contribution in [2.24, 2.45) is 7.05 Å². The summed E-state index contributed by atoms with van der Waals surface area (Å²) in [5.41, 5.74) is 0.510. The van der Waals surface area contributed by atoms with E-state index in [0.717, 1.165) is 5.52 Å². The van der Waals surface area contributed by atoms with Crippen LogP contribution in [0, 0.1) is 0 Å². The first-order chi connectivity index (χ1) is 7.85. The van der Waals surface area contributed by atoms with E-state index in [2.05, 4.69) is 0 Å². The van der Waals surface area contributed by atoms with Crippen LogP contribution < -0.4 is 0 Å². The van der Waals surface area contributed by atoms with E-state index >= 15 is 0 Å². The van der Waals surface area contributed by atoms with E-state index < -0.39 is 11.4 Å². The summed E-state index contributed by atoms with van der Waals surface area (Å²) in [6, 6.07) is 6.93. The minimum Gasteiger partial charge on any atom is -0.507 e. The molecule has 0 saturated carbocycles. The topological polar surface area (TPSA) is 62.5 Å². The summed E-state index contributed by atoms with van der Waals surface area (Å²) < 4.78 is 1.81. The number of nitrogens with zero attached hydrogens (tertiary/aromatic N) is 1. The zero-order valence-electron chi connectivity index (χ0n) is 10.1. The van der Waals surface area contributed by atoms with Crippen molar-refractivity contribution < 1.29 is 15.0 Å². The van der Waals surface area contributed by atoms with Gasteiger partial charge in [-0.1, -0.05) is 6.07 Å². The highest BCUT2D eigenvalue weighted by atomic mass is 16.4. The predicted octanol–water partition coefficient (Wildman–Crippen LogP) is 2.25. The second-order valence-electron chi connectivity index (χ2n) is 4.73. The standard InChI is InChI=1S/C13H15NO3/c1-13(2,12(16)17)11-7-8-9(14(11)3)5-4-6-10(8)15/h4-7,15H,1-3H3,(H,16,17). The number of carbonyl (C=O) groups is 1. The molecule has 4 heteroatoms. The van der Waals surface area contributed by atoms with Crippen LogP contribution in [0.25, 0.3) is 10.9 Å². The molecule has 2 rings (SSSR count). The molecule has 0 spiro atoms. The van der Waals surface area contributed by atoms with Crippen LogP contribution in [-0.2, 0) is 17.3 Å². The lowest BCUT2D eigenvalue weighted by molar-refractivity contribution is -0.142. The van der Waals surface area contributed by atoms with Crippen molar-refractivity contribution in [1.29, 1.82) is 0 Å². The first kappa shape index (κ1) is 11.5. The first-order valence-electron chi connectivity index (χ1n) is 5.37. The van der Waals surface area contributed by atoms with E-state index in [-0.39, 0.29) is 5.75 Å². The maximum Gasteiger partial charge on any atom is 0.315 e. The lowest BCUT2D eigenvalue weighted by Crippen LogP contribution is -2.30. The number of hydrogen-bond acceptors (Lipinski definition) is 2. The van der Waals surface area contributed by atoms with Crippen LogP contribution in [-0.4, -0.2) is 20.7 Å². The molecule has 17 heavy (non-hydrogen) atoms. The number of rotatable bonds is 2. The molecule has 0 amide bonds. The number of hydrogen-bond donors (Lipinski definition) is 2. The van der Waals surface area contributed by atoms with Gasteiger partial charge in [-0.05, 0) is 32.0 Å². The lowest BCUT2D eigenvalue weighted by Gasteiger charge is -2.20. The Balaban J connectivity index is 2.77. The zero-order chi connectivity index (χ0) is 12.8. The molecule has 0 unspecified atom stereocenters. The van der Waals surface area contributed by atoms with Crippen LogP contribution in [0.3, 0.4) is 0 Å². The van der Waals surface area contributed by atoms with Gasteiger partial charge in [-0.15, -0.1) is 0 Å². The fourth-order valence-corrected chi connectivity index (χ4v) is 2.05. The lowest BCUT2D eigenvalue weighted by atomic mass is 9.89. The summed E-state index contributed by atoms with van der Waals surface area (Å²) in [6.45, 7) is 3.31. The Morgan fingerprint density at radius 2 is 2.00 bits per heavy atom. The van der Waals surface area contributed by atoms with Crippen LogP contribution in [0.15, 0.2) is 24.3 Å². The summed E-state index contributed by atoms with van der Waals surface area (Å²) in [4.78, 5) is 11.3. The Labute approximate surface area is 99.1 Å². The van der Waals surface area contributed by atoms with Gasteiger partial charge in [0, 0.05) is 18.1 Å². The molecule has 1 heterocycles. The van der Waals surface area contributed by atoms with Gasteiger partial charge in [0.2, 0.25) is 0 Å². The van der Waals surface area contributed by atoms with Gasteiger partial charge in [0.15, 0.2) is 0 Å². The third kappa shape index (κ3) is 1.56. The number of aliphatic carboxylic acids is 1. The molecule has 0 atom stereocenters. The summed E-state index contributed by atoms with van der Waals surface area (Å²) in [6.07, 6.45) is 0. The number of carboxylic acids is 1. The van der Waals surface area contributed by atoms with Crippen molar-refractivity contribution in [1.82, 2.24) is 4.57 Å². The van der Waals surface area contributed by atoms with Crippen LogP contribution in [0.5, 0.6) is 5.75 Å². The quantitative estimate of drug-likeness (QED) is 0.836. The van der Waals surface area contributed by atoms with Crippen molar-refractivity contribution in [2.45, 2.75) is 19.3 Å². The molecule has 2 N–H and O–H groups in total. The van der Waals surface area contributed by atoms with Crippen molar-refractivity contribution in [3.63, 3.8) is 0 Å². The smallest absolute Gasteiger partial charge is 0.315 e. The first-order valence-corrected chi connectivity index (χ1v) is 5.37. The summed E-state index contributed by atoms with van der Waals surface area (Å²) in [7, 11) is 1.81. The minimum absolute atomic E-state index is 0.172. The molecule has 90 valence electrons. The number of phenols is 1. The third-order valence-corrected chi connectivity index (χ3v) is 3.24. The zero-order valence-corrected chi connectivity index (χ0v) is 10.1. The van der Waals surface area contributed by atoms with Crippen molar-refractivity contribution in [3.05, 3.63) is 30.0 Å². The Morgan fingerprint density at radius 1 is 1.35 bits per heavy atom. The average Bonchev–Trinajstić information content (AvgIpc) is 2.58. The molecule has 0 bridgehead atoms. The van der Waals surface area contributed by atoms with Gasteiger partial charge in [-0.25, -0.2) is 0 Å². The Hall–Kier alpha value is -1.97. The molecule has 4 nitrogen and oxygen atoms in total. The number of carboxylic acid groups (broad SMARTS) is 1. The molecule has 2 aromatic rings. The Morgan fingerprint density at radius 3 is 2.53 bits per heavy atom. The monoisotopic (exact) mass is 233 g/mol. The van der Waals surface area contributed by atoms with E-state index in [1.54, 1.807) is 32.0 Å². The van der Waals surface area contributed by atoms with Gasteiger partial charge in [-0.2, -0.15) is 0 Å². The van der Waals surface area contributed by atoms with Crippen LogP contribution in [0.1, 0.15) is 19.5 Å². The van der Waals surface area contributed by atoms with E-state index in [9.17, 15) is 15.0 Å².